The van der Waals surface area contributed by atoms with Gasteiger partial charge in [0.05, 0.1) is 28.0 Å². The molecule has 6 nitrogen and oxygen atoms in total. The summed E-state index contributed by atoms with van der Waals surface area (Å²) >= 11 is 0. The van der Waals surface area contributed by atoms with Gasteiger partial charge >= 0.3 is 0 Å². The van der Waals surface area contributed by atoms with Crippen LogP contribution in [-0.4, -0.2) is 47.7 Å². The van der Waals surface area contributed by atoms with Crippen molar-refractivity contribution in [3.63, 3.8) is 0 Å². The van der Waals surface area contributed by atoms with Gasteiger partial charge in [0.15, 0.2) is 9.84 Å². The van der Waals surface area contributed by atoms with E-state index in [0.717, 1.165) is 0 Å². The lowest BCUT2D eigenvalue weighted by Gasteiger charge is -2.06. The molecule has 0 bridgehead atoms. The van der Waals surface area contributed by atoms with Crippen molar-refractivity contribution in [3.05, 3.63) is 29.8 Å². The molecular formula is C13H18N2O4S2. The minimum atomic E-state index is -3.39. The van der Waals surface area contributed by atoms with Crippen LogP contribution < -0.4 is 5.32 Å². The molecule has 0 aliphatic rings. The molecule has 0 saturated carbocycles. The first-order valence-electron chi connectivity index (χ1n) is 6.36. The Labute approximate surface area is 125 Å². The molecule has 1 aromatic carbocycles. The molecule has 8 heteroatoms. The SMILES string of the molecule is CS(=O)(=O)CCCNCCS(=O)(=O)c1ccc(C#N)cc1. The second-order valence-corrected chi connectivity index (χ2v) is 9.06. The largest absolute Gasteiger partial charge is 0.316 e. The lowest BCUT2D eigenvalue weighted by Crippen LogP contribution is -2.25. The van der Waals surface area contributed by atoms with Crippen LogP contribution in [0.2, 0.25) is 0 Å². The maximum absolute atomic E-state index is 12.0. The summed E-state index contributed by atoms with van der Waals surface area (Å²) in [7, 11) is -6.36. The monoisotopic (exact) mass is 330 g/mol. The highest BCUT2D eigenvalue weighted by atomic mass is 32.2. The second-order valence-electron chi connectivity index (χ2n) is 4.69. The molecule has 0 aliphatic carbocycles. The van der Waals surface area contributed by atoms with Crippen LogP contribution in [0.3, 0.4) is 0 Å². The van der Waals surface area contributed by atoms with Gasteiger partial charge in [0.2, 0.25) is 0 Å². The Morgan fingerprint density at radius 3 is 2.19 bits per heavy atom. The van der Waals surface area contributed by atoms with Crippen LogP contribution in [0.15, 0.2) is 29.2 Å². The molecule has 1 aromatic rings. The molecule has 1 N–H and O–H groups in total. The van der Waals surface area contributed by atoms with Crippen molar-refractivity contribution in [3.8, 4) is 6.07 Å². The zero-order valence-electron chi connectivity index (χ0n) is 11.7. The molecule has 0 aromatic heterocycles. The first kappa shape index (κ1) is 17.6. The number of sulfone groups is 2. The zero-order valence-corrected chi connectivity index (χ0v) is 13.4. The summed E-state index contributed by atoms with van der Waals surface area (Å²) in [5.74, 6) is 0.0140. The minimum Gasteiger partial charge on any atom is -0.316 e. The lowest BCUT2D eigenvalue weighted by molar-refractivity contribution is 0.585. The molecule has 116 valence electrons. The molecule has 0 spiro atoms. The van der Waals surface area contributed by atoms with Crippen LogP contribution in [0.25, 0.3) is 0 Å². The minimum absolute atomic E-state index is 0.0717. The maximum atomic E-state index is 12.0. The second kappa shape index (κ2) is 7.54. The number of nitrogens with one attached hydrogen (secondary N) is 1. The van der Waals surface area contributed by atoms with Crippen molar-refractivity contribution >= 4 is 19.7 Å². The van der Waals surface area contributed by atoms with E-state index in [1.165, 1.54) is 30.5 Å². The summed E-state index contributed by atoms with van der Waals surface area (Å²) in [6.45, 7) is 0.710. The fourth-order valence-electron chi connectivity index (χ4n) is 1.65. The van der Waals surface area contributed by atoms with Crippen molar-refractivity contribution in [2.75, 3.05) is 30.9 Å². The third-order valence-corrected chi connectivity index (χ3v) is 5.52. The van der Waals surface area contributed by atoms with Crippen LogP contribution in [0.1, 0.15) is 12.0 Å². The summed E-state index contributed by atoms with van der Waals surface area (Å²) in [5.41, 5.74) is 0.410. The molecular weight excluding hydrogens is 312 g/mol. The van der Waals surface area contributed by atoms with Gasteiger partial charge in [-0.05, 0) is 37.2 Å². The standard InChI is InChI=1S/C13H18N2O4S2/c1-20(16,17)9-2-7-15-8-10-21(18,19)13-5-3-12(11-14)4-6-13/h3-6,15H,2,7-10H2,1H3. The van der Waals surface area contributed by atoms with Crippen LogP contribution in [0.5, 0.6) is 0 Å². The van der Waals surface area contributed by atoms with E-state index < -0.39 is 19.7 Å². The van der Waals surface area contributed by atoms with E-state index >= 15 is 0 Å². The van der Waals surface area contributed by atoms with E-state index in [9.17, 15) is 16.8 Å². The Morgan fingerprint density at radius 2 is 1.67 bits per heavy atom. The van der Waals surface area contributed by atoms with Gasteiger partial charge in [-0.2, -0.15) is 5.26 Å². The third-order valence-electron chi connectivity index (χ3n) is 2.76. The number of rotatable bonds is 8. The molecule has 0 radical (unpaired) electrons. The molecule has 0 heterocycles. The molecule has 21 heavy (non-hydrogen) atoms. The van der Waals surface area contributed by atoms with Crippen molar-refractivity contribution in [2.24, 2.45) is 0 Å². The van der Waals surface area contributed by atoms with Crippen LogP contribution in [-0.2, 0) is 19.7 Å². The van der Waals surface area contributed by atoms with Crippen LogP contribution >= 0.6 is 0 Å². The van der Waals surface area contributed by atoms with Crippen molar-refractivity contribution in [2.45, 2.75) is 11.3 Å². The van der Waals surface area contributed by atoms with Gasteiger partial charge in [-0.3, -0.25) is 0 Å². The molecule has 0 unspecified atom stereocenters. The van der Waals surface area contributed by atoms with Gasteiger partial charge in [-0.25, -0.2) is 16.8 Å². The molecule has 0 saturated heterocycles. The Kier molecular flexibility index (Phi) is 6.33. The smallest absolute Gasteiger partial charge is 0.179 e. The fraction of sp³-hybridized carbons (Fsp3) is 0.462. The Bertz CT molecular complexity index is 702. The summed E-state index contributed by atoms with van der Waals surface area (Å²) in [5, 5.41) is 11.6. The van der Waals surface area contributed by atoms with E-state index in [-0.39, 0.29) is 22.9 Å². The van der Waals surface area contributed by atoms with Gasteiger partial charge < -0.3 is 5.32 Å². The predicted molar refractivity (Wildman–Crippen MR) is 80.4 cm³/mol. The first-order chi connectivity index (χ1) is 9.74. The number of hydrogen-bond acceptors (Lipinski definition) is 6. The van der Waals surface area contributed by atoms with E-state index in [1.54, 1.807) is 0 Å². The Balaban J connectivity index is 2.41. The summed E-state index contributed by atoms with van der Waals surface area (Å²) in [6, 6.07) is 7.69. The first-order valence-corrected chi connectivity index (χ1v) is 10.1. The zero-order chi connectivity index (χ0) is 15.9. The van der Waals surface area contributed by atoms with Crippen molar-refractivity contribution < 1.29 is 16.8 Å². The third kappa shape index (κ3) is 6.71. The van der Waals surface area contributed by atoms with Gasteiger partial charge in [-0.1, -0.05) is 0 Å². The average Bonchev–Trinajstić information content (AvgIpc) is 2.41. The highest BCUT2D eigenvalue weighted by Gasteiger charge is 2.13. The summed E-state index contributed by atoms with van der Waals surface area (Å²) in [6.07, 6.45) is 1.62. The van der Waals surface area contributed by atoms with Gasteiger partial charge in [0.1, 0.15) is 9.84 Å². The van der Waals surface area contributed by atoms with E-state index in [1.807, 2.05) is 6.07 Å². The number of hydrogen-bond donors (Lipinski definition) is 1. The molecule has 0 fully saturated rings. The maximum Gasteiger partial charge on any atom is 0.179 e. The molecule has 0 amide bonds. The van der Waals surface area contributed by atoms with Crippen molar-refractivity contribution in [1.29, 1.82) is 5.26 Å². The van der Waals surface area contributed by atoms with Gasteiger partial charge in [-0.15, -0.1) is 0 Å². The number of benzene rings is 1. The summed E-state index contributed by atoms with van der Waals surface area (Å²) in [4.78, 5) is 0.180. The van der Waals surface area contributed by atoms with Gasteiger partial charge in [0, 0.05) is 12.8 Å². The highest BCUT2D eigenvalue weighted by Crippen LogP contribution is 2.11. The molecule has 0 atom stereocenters. The van der Waals surface area contributed by atoms with E-state index in [0.29, 0.717) is 18.5 Å². The van der Waals surface area contributed by atoms with E-state index in [2.05, 4.69) is 5.32 Å². The van der Waals surface area contributed by atoms with Gasteiger partial charge in [0.25, 0.3) is 0 Å². The predicted octanol–water partition coefficient (Wildman–Crippen LogP) is 0.356. The highest BCUT2D eigenvalue weighted by molar-refractivity contribution is 7.91. The fourth-order valence-corrected chi connectivity index (χ4v) is 3.51. The number of nitrogens with zero attached hydrogens (tertiary/aromatic N) is 1. The molecule has 0 aliphatic heterocycles. The van der Waals surface area contributed by atoms with E-state index in [4.69, 9.17) is 5.26 Å². The Hall–Kier alpha value is -1.43. The van der Waals surface area contributed by atoms with Crippen LogP contribution in [0, 0.1) is 11.3 Å². The van der Waals surface area contributed by atoms with Crippen molar-refractivity contribution in [1.82, 2.24) is 5.32 Å². The quantitative estimate of drug-likeness (QED) is 0.690. The topological polar surface area (TPSA) is 104 Å². The number of nitriles is 1. The van der Waals surface area contributed by atoms with Crippen LogP contribution in [0.4, 0.5) is 0 Å². The Morgan fingerprint density at radius 1 is 1.05 bits per heavy atom. The molecule has 1 rings (SSSR count). The summed E-state index contributed by atoms with van der Waals surface area (Å²) < 4.78 is 45.8. The normalized spacial score (nSPS) is 12.0. The lowest BCUT2D eigenvalue weighted by atomic mass is 10.2. The average molecular weight is 330 g/mol.